The van der Waals surface area contributed by atoms with Crippen LogP contribution in [-0.2, 0) is 11.2 Å². The molecule has 76 valence electrons. The Labute approximate surface area is 84.8 Å². The van der Waals surface area contributed by atoms with Gasteiger partial charge in [-0.1, -0.05) is 13.0 Å². The highest BCUT2D eigenvalue weighted by Crippen LogP contribution is 2.31. The van der Waals surface area contributed by atoms with Crippen LogP contribution in [0.2, 0.25) is 0 Å². The molecule has 1 atom stereocenters. The van der Waals surface area contributed by atoms with Crippen molar-refractivity contribution >= 4 is 0 Å². The fourth-order valence-electron chi connectivity index (χ4n) is 1.98. The molecule has 2 rings (SSSR count). The molecule has 2 heteroatoms. The molecule has 0 spiro atoms. The van der Waals surface area contributed by atoms with Gasteiger partial charge in [-0.15, -0.1) is 0 Å². The predicted molar refractivity (Wildman–Crippen MR) is 55.7 cm³/mol. The van der Waals surface area contributed by atoms with Crippen LogP contribution in [0.4, 0.5) is 0 Å². The maximum atomic E-state index is 5.69. The summed E-state index contributed by atoms with van der Waals surface area (Å²) in [6.45, 7) is 2.99. The Bertz CT molecular complexity index is 320. The topological polar surface area (TPSA) is 18.5 Å². The molecule has 0 radical (unpaired) electrons. The van der Waals surface area contributed by atoms with E-state index in [1.165, 1.54) is 11.1 Å². The molecular formula is C12H16O2. The zero-order valence-corrected chi connectivity index (χ0v) is 8.75. The molecule has 1 aromatic rings. The van der Waals surface area contributed by atoms with Gasteiger partial charge in [0.2, 0.25) is 0 Å². The number of methoxy groups -OCH3 is 1. The van der Waals surface area contributed by atoms with Gasteiger partial charge in [0.25, 0.3) is 0 Å². The van der Waals surface area contributed by atoms with E-state index in [2.05, 4.69) is 19.1 Å². The van der Waals surface area contributed by atoms with Crippen molar-refractivity contribution in [2.75, 3.05) is 13.7 Å². The van der Waals surface area contributed by atoms with Crippen LogP contribution in [-0.4, -0.2) is 13.7 Å². The Balaban J connectivity index is 2.35. The van der Waals surface area contributed by atoms with Gasteiger partial charge in [-0.25, -0.2) is 0 Å². The molecule has 2 nitrogen and oxygen atoms in total. The van der Waals surface area contributed by atoms with Gasteiger partial charge in [-0.3, -0.25) is 0 Å². The lowest BCUT2D eigenvalue weighted by Gasteiger charge is -2.25. The molecule has 1 heterocycles. The first kappa shape index (κ1) is 9.53. The van der Waals surface area contributed by atoms with E-state index in [9.17, 15) is 0 Å². The van der Waals surface area contributed by atoms with Crippen LogP contribution >= 0.6 is 0 Å². The highest BCUT2D eigenvalue weighted by molar-refractivity contribution is 5.38. The predicted octanol–water partition coefficient (Wildman–Crippen LogP) is 2.72. The molecule has 1 aliphatic rings. The summed E-state index contributed by atoms with van der Waals surface area (Å²) in [6, 6.07) is 6.26. The third-order valence-corrected chi connectivity index (χ3v) is 2.76. The van der Waals surface area contributed by atoms with Crippen molar-refractivity contribution < 1.29 is 9.47 Å². The van der Waals surface area contributed by atoms with Crippen molar-refractivity contribution in [3.8, 4) is 5.75 Å². The molecule has 1 aromatic carbocycles. The third-order valence-electron chi connectivity index (χ3n) is 2.76. The van der Waals surface area contributed by atoms with Crippen LogP contribution in [0.1, 0.15) is 30.6 Å². The lowest BCUT2D eigenvalue weighted by Crippen LogP contribution is -2.15. The summed E-state index contributed by atoms with van der Waals surface area (Å²) in [6.07, 6.45) is 2.33. The second-order valence-electron chi connectivity index (χ2n) is 3.58. The summed E-state index contributed by atoms with van der Waals surface area (Å²) in [5.41, 5.74) is 2.71. The first-order chi connectivity index (χ1) is 6.85. The minimum absolute atomic E-state index is 0.282. The molecule has 1 aliphatic heterocycles. The minimum Gasteiger partial charge on any atom is -0.497 e. The smallest absolute Gasteiger partial charge is 0.119 e. The van der Waals surface area contributed by atoms with Crippen molar-refractivity contribution in [2.45, 2.75) is 25.9 Å². The monoisotopic (exact) mass is 192 g/mol. The highest BCUT2D eigenvalue weighted by atomic mass is 16.5. The first-order valence-corrected chi connectivity index (χ1v) is 5.13. The van der Waals surface area contributed by atoms with Gasteiger partial charge in [0.1, 0.15) is 5.75 Å². The molecule has 0 aliphatic carbocycles. The van der Waals surface area contributed by atoms with Crippen molar-refractivity contribution in [3.63, 3.8) is 0 Å². The summed E-state index contributed by atoms with van der Waals surface area (Å²) in [5.74, 6) is 0.945. The van der Waals surface area contributed by atoms with E-state index >= 15 is 0 Å². The normalized spacial score (nSPS) is 20.3. The van der Waals surface area contributed by atoms with Gasteiger partial charge < -0.3 is 9.47 Å². The van der Waals surface area contributed by atoms with Crippen LogP contribution in [0, 0.1) is 0 Å². The van der Waals surface area contributed by atoms with E-state index < -0.39 is 0 Å². The molecule has 0 aromatic heterocycles. The molecule has 0 saturated carbocycles. The second kappa shape index (κ2) is 4.01. The van der Waals surface area contributed by atoms with Gasteiger partial charge >= 0.3 is 0 Å². The van der Waals surface area contributed by atoms with Crippen LogP contribution in [0.25, 0.3) is 0 Å². The van der Waals surface area contributed by atoms with E-state index in [0.717, 1.165) is 25.2 Å². The van der Waals surface area contributed by atoms with Crippen molar-refractivity contribution in [1.82, 2.24) is 0 Å². The molecule has 0 saturated heterocycles. The van der Waals surface area contributed by atoms with Crippen molar-refractivity contribution in [3.05, 3.63) is 29.3 Å². The largest absolute Gasteiger partial charge is 0.497 e. The standard InChI is InChI=1S/C12H16O2/c1-3-12-11-5-4-10(13-2)8-9(11)6-7-14-12/h4-5,8,12H,3,6-7H2,1-2H3. The summed E-state index contributed by atoms with van der Waals surface area (Å²) < 4.78 is 10.9. The van der Waals surface area contributed by atoms with E-state index in [4.69, 9.17) is 9.47 Å². The number of fused-ring (bicyclic) bond motifs is 1. The third kappa shape index (κ3) is 1.62. The average Bonchev–Trinajstić information content (AvgIpc) is 2.27. The Kier molecular flexibility index (Phi) is 2.73. The number of hydrogen-bond donors (Lipinski definition) is 0. The Morgan fingerprint density at radius 3 is 3.07 bits per heavy atom. The first-order valence-electron chi connectivity index (χ1n) is 5.13. The van der Waals surface area contributed by atoms with Gasteiger partial charge in [-0.2, -0.15) is 0 Å². The van der Waals surface area contributed by atoms with Crippen LogP contribution in [0.3, 0.4) is 0 Å². The number of benzene rings is 1. The minimum atomic E-state index is 0.282. The fraction of sp³-hybridized carbons (Fsp3) is 0.500. The van der Waals surface area contributed by atoms with Gasteiger partial charge in [0.05, 0.1) is 19.8 Å². The number of hydrogen-bond acceptors (Lipinski definition) is 2. The molecular weight excluding hydrogens is 176 g/mol. The molecule has 0 fully saturated rings. The quantitative estimate of drug-likeness (QED) is 0.717. The lowest BCUT2D eigenvalue weighted by molar-refractivity contribution is 0.0398. The Morgan fingerprint density at radius 1 is 1.50 bits per heavy atom. The van der Waals surface area contributed by atoms with Crippen LogP contribution in [0.15, 0.2) is 18.2 Å². The van der Waals surface area contributed by atoms with Gasteiger partial charge in [0.15, 0.2) is 0 Å². The van der Waals surface area contributed by atoms with Gasteiger partial charge in [-0.05, 0) is 36.1 Å². The van der Waals surface area contributed by atoms with Crippen LogP contribution < -0.4 is 4.74 Å². The Hall–Kier alpha value is -1.02. The fourth-order valence-corrected chi connectivity index (χ4v) is 1.98. The number of ether oxygens (including phenoxy) is 2. The van der Waals surface area contributed by atoms with E-state index in [-0.39, 0.29) is 6.10 Å². The Morgan fingerprint density at radius 2 is 2.36 bits per heavy atom. The molecule has 0 bridgehead atoms. The molecule has 0 N–H and O–H groups in total. The van der Waals surface area contributed by atoms with Crippen molar-refractivity contribution in [2.24, 2.45) is 0 Å². The lowest BCUT2D eigenvalue weighted by atomic mass is 9.96. The van der Waals surface area contributed by atoms with Gasteiger partial charge in [0, 0.05) is 0 Å². The molecule has 0 amide bonds. The van der Waals surface area contributed by atoms with E-state index in [1.54, 1.807) is 7.11 Å². The molecule has 1 unspecified atom stereocenters. The van der Waals surface area contributed by atoms with E-state index in [1.807, 2.05) is 6.07 Å². The summed E-state index contributed by atoms with van der Waals surface area (Å²) in [5, 5.41) is 0. The highest BCUT2D eigenvalue weighted by Gasteiger charge is 2.19. The summed E-state index contributed by atoms with van der Waals surface area (Å²) in [4.78, 5) is 0. The summed E-state index contributed by atoms with van der Waals surface area (Å²) >= 11 is 0. The second-order valence-corrected chi connectivity index (χ2v) is 3.58. The average molecular weight is 192 g/mol. The number of rotatable bonds is 2. The zero-order chi connectivity index (χ0) is 9.97. The summed E-state index contributed by atoms with van der Waals surface area (Å²) in [7, 11) is 1.71. The molecule has 14 heavy (non-hydrogen) atoms. The SMILES string of the molecule is CCC1OCCc2cc(OC)ccc21. The van der Waals surface area contributed by atoms with Crippen LogP contribution in [0.5, 0.6) is 5.75 Å². The van der Waals surface area contributed by atoms with Crippen molar-refractivity contribution in [1.29, 1.82) is 0 Å². The maximum Gasteiger partial charge on any atom is 0.119 e. The zero-order valence-electron chi connectivity index (χ0n) is 8.75. The van der Waals surface area contributed by atoms with E-state index in [0.29, 0.717) is 0 Å². The maximum absolute atomic E-state index is 5.69.